The molecule has 1 heterocycles. The summed E-state index contributed by atoms with van der Waals surface area (Å²) in [6, 6.07) is 18.5. The van der Waals surface area contributed by atoms with Gasteiger partial charge in [0.2, 0.25) is 5.13 Å². The second kappa shape index (κ2) is 7.35. The van der Waals surface area contributed by atoms with Crippen molar-refractivity contribution in [2.75, 3.05) is 5.32 Å². The van der Waals surface area contributed by atoms with E-state index in [4.69, 9.17) is 10.00 Å². The fraction of sp³-hybridized carbons (Fsp3) is 0.0588. The molecule has 0 saturated heterocycles. The quantitative estimate of drug-likeness (QED) is 0.782. The lowest BCUT2D eigenvalue weighted by Gasteiger charge is -2.04. The maximum Gasteiger partial charge on any atom is 0.413 e. The number of nitrogens with zero attached hydrogens (tertiary/aromatic N) is 3. The molecule has 0 fully saturated rings. The number of aromatic nitrogens is 2. The maximum atomic E-state index is 11.8. The fourth-order valence-corrected chi connectivity index (χ4v) is 2.68. The number of amides is 1. The number of nitrogens with one attached hydrogen (secondary N) is 1. The van der Waals surface area contributed by atoms with Gasteiger partial charge in [-0.25, -0.2) is 4.79 Å². The number of carbonyl (C=O) groups is 1. The number of rotatable bonds is 4. The summed E-state index contributed by atoms with van der Waals surface area (Å²) in [6.07, 6.45) is -0.590. The molecule has 0 unspecified atom stereocenters. The second-order valence-electron chi connectivity index (χ2n) is 4.79. The predicted molar refractivity (Wildman–Crippen MR) is 90.3 cm³/mol. The summed E-state index contributed by atoms with van der Waals surface area (Å²) in [5.41, 5.74) is 2.22. The van der Waals surface area contributed by atoms with Crippen molar-refractivity contribution in [1.82, 2.24) is 10.2 Å². The van der Waals surface area contributed by atoms with Gasteiger partial charge in [-0.2, -0.15) is 5.26 Å². The molecule has 0 atom stereocenters. The van der Waals surface area contributed by atoms with Crippen LogP contribution in [0.25, 0.3) is 10.6 Å². The Kier molecular flexibility index (Phi) is 4.79. The number of anilines is 1. The van der Waals surface area contributed by atoms with Crippen LogP contribution in [-0.2, 0) is 11.3 Å². The monoisotopic (exact) mass is 336 g/mol. The third kappa shape index (κ3) is 3.94. The molecule has 6 nitrogen and oxygen atoms in total. The summed E-state index contributed by atoms with van der Waals surface area (Å²) in [5, 5.41) is 20.4. The second-order valence-corrected chi connectivity index (χ2v) is 5.77. The van der Waals surface area contributed by atoms with Crippen LogP contribution in [0.1, 0.15) is 11.1 Å². The van der Waals surface area contributed by atoms with Crippen molar-refractivity contribution < 1.29 is 9.53 Å². The topological polar surface area (TPSA) is 87.9 Å². The standard InChI is InChI=1S/C17H12N4O2S/c18-10-13-7-4-8-14(9-13)15-20-21-16(24-15)19-17(22)23-11-12-5-2-1-3-6-12/h1-9H,11H2,(H,19,21,22). The highest BCUT2D eigenvalue weighted by atomic mass is 32.1. The van der Waals surface area contributed by atoms with Gasteiger partial charge in [0.25, 0.3) is 0 Å². The van der Waals surface area contributed by atoms with Crippen LogP contribution in [0, 0.1) is 11.3 Å². The van der Waals surface area contributed by atoms with Gasteiger partial charge in [-0.05, 0) is 17.7 Å². The lowest BCUT2D eigenvalue weighted by atomic mass is 10.1. The van der Waals surface area contributed by atoms with Gasteiger partial charge in [-0.3, -0.25) is 5.32 Å². The largest absolute Gasteiger partial charge is 0.444 e. The zero-order chi connectivity index (χ0) is 16.8. The summed E-state index contributed by atoms with van der Waals surface area (Å²) in [5.74, 6) is 0. The first-order valence-corrected chi connectivity index (χ1v) is 7.88. The number of nitriles is 1. The first-order chi connectivity index (χ1) is 11.7. The van der Waals surface area contributed by atoms with E-state index < -0.39 is 6.09 Å². The normalized spacial score (nSPS) is 9.96. The van der Waals surface area contributed by atoms with Crippen LogP contribution in [0.5, 0.6) is 0 Å². The Morgan fingerprint density at radius 3 is 2.79 bits per heavy atom. The van der Waals surface area contributed by atoms with Crippen molar-refractivity contribution in [3.63, 3.8) is 0 Å². The highest BCUT2D eigenvalue weighted by Gasteiger charge is 2.11. The van der Waals surface area contributed by atoms with Crippen LogP contribution in [0.3, 0.4) is 0 Å². The number of hydrogen-bond acceptors (Lipinski definition) is 6. The molecule has 3 aromatic rings. The van der Waals surface area contributed by atoms with Crippen molar-refractivity contribution in [3.05, 3.63) is 65.7 Å². The van der Waals surface area contributed by atoms with Gasteiger partial charge in [-0.1, -0.05) is 53.8 Å². The lowest BCUT2D eigenvalue weighted by molar-refractivity contribution is 0.155. The number of ether oxygens (including phenoxy) is 1. The average molecular weight is 336 g/mol. The minimum Gasteiger partial charge on any atom is -0.444 e. The van der Waals surface area contributed by atoms with E-state index in [0.29, 0.717) is 15.7 Å². The Bertz CT molecular complexity index is 887. The fourth-order valence-electron chi connectivity index (χ4n) is 1.96. The first-order valence-electron chi connectivity index (χ1n) is 7.06. The van der Waals surface area contributed by atoms with Crippen LogP contribution in [-0.4, -0.2) is 16.3 Å². The minimum atomic E-state index is -0.590. The summed E-state index contributed by atoms with van der Waals surface area (Å²) in [6.45, 7) is 0.183. The van der Waals surface area contributed by atoms with E-state index in [1.54, 1.807) is 18.2 Å². The number of benzene rings is 2. The van der Waals surface area contributed by atoms with Crippen LogP contribution < -0.4 is 5.32 Å². The molecule has 0 aliphatic rings. The van der Waals surface area contributed by atoms with E-state index in [1.165, 1.54) is 11.3 Å². The molecular weight excluding hydrogens is 324 g/mol. The molecule has 0 radical (unpaired) electrons. The van der Waals surface area contributed by atoms with E-state index in [1.807, 2.05) is 36.4 Å². The first kappa shape index (κ1) is 15.6. The summed E-state index contributed by atoms with van der Waals surface area (Å²) < 4.78 is 5.13. The van der Waals surface area contributed by atoms with Gasteiger partial charge in [0.1, 0.15) is 11.6 Å². The molecule has 1 amide bonds. The Hall–Kier alpha value is -3.24. The maximum absolute atomic E-state index is 11.8. The summed E-state index contributed by atoms with van der Waals surface area (Å²) >= 11 is 1.21. The summed E-state index contributed by atoms with van der Waals surface area (Å²) in [4.78, 5) is 11.8. The molecule has 118 valence electrons. The zero-order valence-corrected chi connectivity index (χ0v) is 13.3. The highest BCUT2D eigenvalue weighted by Crippen LogP contribution is 2.26. The minimum absolute atomic E-state index is 0.183. The van der Waals surface area contributed by atoms with Gasteiger partial charge < -0.3 is 4.74 Å². The third-order valence-electron chi connectivity index (χ3n) is 3.09. The van der Waals surface area contributed by atoms with Gasteiger partial charge in [0.05, 0.1) is 11.6 Å². The van der Waals surface area contributed by atoms with E-state index >= 15 is 0 Å². The molecule has 0 aliphatic carbocycles. The van der Waals surface area contributed by atoms with Crippen molar-refractivity contribution >= 4 is 22.6 Å². The van der Waals surface area contributed by atoms with Gasteiger partial charge >= 0.3 is 6.09 Å². The van der Waals surface area contributed by atoms with Crippen LogP contribution in [0.2, 0.25) is 0 Å². The van der Waals surface area contributed by atoms with Crippen molar-refractivity contribution in [2.24, 2.45) is 0 Å². The van der Waals surface area contributed by atoms with Gasteiger partial charge in [0.15, 0.2) is 0 Å². The Morgan fingerprint density at radius 2 is 2.00 bits per heavy atom. The molecule has 1 aromatic heterocycles. The third-order valence-corrected chi connectivity index (χ3v) is 3.97. The van der Waals surface area contributed by atoms with Crippen LogP contribution in [0.4, 0.5) is 9.93 Å². The molecule has 0 saturated carbocycles. The molecule has 7 heteroatoms. The highest BCUT2D eigenvalue weighted by molar-refractivity contribution is 7.18. The number of hydrogen-bond donors (Lipinski definition) is 1. The molecule has 0 spiro atoms. The van der Waals surface area contributed by atoms with E-state index in [2.05, 4.69) is 21.6 Å². The SMILES string of the molecule is N#Cc1cccc(-c2nnc(NC(=O)OCc3ccccc3)s2)c1. The Labute approximate surface area is 142 Å². The van der Waals surface area contributed by atoms with Crippen LogP contribution in [0.15, 0.2) is 54.6 Å². The summed E-state index contributed by atoms with van der Waals surface area (Å²) in [7, 11) is 0. The van der Waals surface area contributed by atoms with E-state index in [9.17, 15) is 4.79 Å². The van der Waals surface area contributed by atoms with E-state index in [0.717, 1.165) is 11.1 Å². The molecule has 3 rings (SSSR count). The smallest absolute Gasteiger partial charge is 0.413 e. The van der Waals surface area contributed by atoms with Crippen molar-refractivity contribution in [2.45, 2.75) is 6.61 Å². The zero-order valence-electron chi connectivity index (χ0n) is 12.5. The van der Waals surface area contributed by atoms with Gasteiger partial charge in [0, 0.05) is 5.56 Å². The molecule has 24 heavy (non-hydrogen) atoms. The van der Waals surface area contributed by atoms with Crippen LogP contribution >= 0.6 is 11.3 Å². The average Bonchev–Trinajstić information content (AvgIpc) is 3.09. The predicted octanol–water partition coefficient (Wildman–Crippen LogP) is 3.83. The van der Waals surface area contributed by atoms with Crippen molar-refractivity contribution in [3.8, 4) is 16.6 Å². The Morgan fingerprint density at radius 1 is 1.17 bits per heavy atom. The van der Waals surface area contributed by atoms with Crippen molar-refractivity contribution in [1.29, 1.82) is 5.26 Å². The van der Waals surface area contributed by atoms with E-state index in [-0.39, 0.29) is 6.61 Å². The molecule has 0 aliphatic heterocycles. The molecule has 0 bridgehead atoms. The Balaban J connectivity index is 1.61. The molecule has 1 N–H and O–H groups in total. The molecule has 2 aromatic carbocycles. The molecular formula is C17H12N4O2S. The number of carbonyl (C=O) groups excluding carboxylic acids is 1. The van der Waals surface area contributed by atoms with Gasteiger partial charge in [-0.15, -0.1) is 10.2 Å². The lowest BCUT2D eigenvalue weighted by Crippen LogP contribution is -2.13.